The molecule has 0 aliphatic heterocycles. The van der Waals surface area contributed by atoms with Crippen molar-refractivity contribution in [3.63, 3.8) is 0 Å². The third-order valence-electron chi connectivity index (χ3n) is 1.58. The van der Waals surface area contributed by atoms with Gasteiger partial charge in [-0.15, -0.1) is 0 Å². The Morgan fingerprint density at radius 1 is 1.21 bits per heavy atom. The van der Waals surface area contributed by atoms with Crippen LogP contribution in [0.1, 0.15) is 11.1 Å². The molecule has 0 heterocycles. The van der Waals surface area contributed by atoms with Crippen molar-refractivity contribution < 1.29 is 8.85 Å². The van der Waals surface area contributed by atoms with Gasteiger partial charge in [0.25, 0.3) is 0 Å². The van der Waals surface area contributed by atoms with Crippen molar-refractivity contribution in [2.45, 2.75) is 6.92 Å². The largest absolute Gasteiger partial charge is 0.432 e. The predicted molar refractivity (Wildman–Crippen MR) is 61.0 cm³/mol. The minimum atomic E-state index is 0.198. The first kappa shape index (κ1) is 13.1. The Labute approximate surface area is 88.6 Å². The van der Waals surface area contributed by atoms with Crippen molar-refractivity contribution in [3.8, 4) is 0 Å². The second-order valence-electron chi connectivity index (χ2n) is 2.55. The van der Waals surface area contributed by atoms with Gasteiger partial charge in [-0.2, -0.15) is 0 Å². The molecule has 0 amide bonds. The lowest BCUT2D eigenvalue weighted by Crippen LogP contribution is -1.93. The second kappa shape index (κ2) is 8.68. The Bertz CT molecular complexity index is 259. The fraction of sp³-hybridized carbons (Fsp3) is 0.273. The van der Waals surface area contributed by atoms with E-state index >= 15 is 0 Å². The summed E-state index contributed by atoms with van der Waals surface area (Å²) in [6.07, 6.45) is 1.87. The minimum absolute atomic E-state index is 0.198. The van der Waals surface area contributed by atoms with Crippen LogP contribution in [-0.2, 0) is 8.85 Å². The molecular formula is C11H16O2Si. The van der Waals surface area contributed by atoms with Crippen molar-refractivity contribution in [2.75, 3.05) is 14.2 Å². The highest BCUT2D eigenvalue weighted by Crippen LogP contribution is 2.06. The molecule has 2 radical (unpaired) electrons. The third-order valence-corrected chi connectivity index (χ3v) is 1.91. The van der Waals surface area contributed by atoms with Crippen molar-refractivity contribution in [3.05, 3.63) is 42.0 Å². The molecule has 0 aliphatic rings. The van der Waals surface area contributed by atoms with E-state index in [2.05, 4.69) is 34.5 Å². The molecule has 0 aromatic heterocycles. The van der Waals surface area contributed by atoms with E-state index in [0.29, 0.717) is 0 Å². The van der Waals surface area contributed by atoms with Gasteiger partial charge < -0.3 is 8.85 Å². The molecule has 0 saturated heterocycles. The summed E-state index contributed by atoms with van der Waals surface area (Å²) in [6.45, 7) is 5.77. The third kappa shape index (κ3) is 5.69. The van der Waals surface area contributed by atoms with Crippen LogP contribution < -0.4 is 0 Å². The fourth-order valence-corrected chi connectivity index (χ4v) is 1.07. The number of benzene rings is 1. The first-order valence-corrected chi connectivity index (χ1v) is 5.07. The highest BCUT2D eigenvalue weighted by atomic mass is 28.3. The zero-order valence-corrected chi connectivity index (χ0v) is 9.91. The molecule has 3 heteroatoms. The van der Waals surface area contributed by atoms with E-state index in [9.17, 15) is 0 Å². The van der Waals surface area contributed by atoms with Gasteiger partial charge in [0.05, 0.1) is 0 Å². The van der Waals surface area contributed by atoms with Crippen molar-refractivity contribution in [1.29, 1.82) is 0 Å². The summed E-state index contributed by atoms with van der Waals surface area (Å²) in [5.41, 5.74) is 2.50. The normalized spacial score (nSPS) is 8.79. The van der Waals surface area contributed by atoms with Gasteiger partial charge in [-0.1, -0.05) is 36.9 Å². The van der Waals surface area contributed by atoms with Crippen LogP contribution in [0.4, 0.5) is 0 Å². The van der Waals surface area contributed by atoms with E-state index in [1.807, 2.05) is 18.2 Å². The van der Waals surface area contributed by atoms with Gasteiger partial charge in [0.2, 0.25) is 0 Å². The molecule has 1 aromatic rings. The number of hydrogen-bond donors (Lipinski definition) is 0. The van der Waals surface area contributed by atoms with Crippen LogP contribution in [0.15, 0.2) is 30.8 Å². The lowest BCUT2D eigenvalue weighted by molar-refractivity contribution is 0.309. The maximum atomic E-state index is 4.50. The van der Waals surface area contributed by atoms with E-state index in [1.54, 1.807) is 14.2 Å². The highest BCUT2D eigenvalue weighted by molar-refractivity contribution is 6.17. The van der Waals surface area contributed by atoms with Crippen LogP contribution >= 0.6 is 0 Å². The maximum absolute atomic E-state index is 4.50. The van der Waals surface area contributed by atoms with Crippen molar-refractivity contribution in [2.24, 2.45) is 0 Å². The van der Waals surface area contributed by atoms with Crippen LogP contribution in [0.25, 0.3) is 6.08 Å². The Morgan fingerprint density at radius 2 is 1.79 bits per heavy atom. The van der Waals surface area contributed by atoms with E-state index in [0.717, 1.165) is 0 Å². The Kier molecular flexibility index (Phi) is 8.12. The fourth-order valence-electron chi connectivity index (χ4n) is 0.899. The van der Waals surface area contributed by atoms with E-state index in [1.165, 1.54) is 11.1 Å². The van der Waals surface area contributed by atoms with Crippen LogP contribution in [0.3, 0.4) is 0 Å². The maximum Gasteiger partial charge on any atom is 0.432 e. The SMILES string of the molecule is C=Cc1ccccc1C.CO[Si]OC. The van der Waals surface area contributed by atoms with Crippen LogP contribution in [0, 0.1) is 6.92 Å². The number of hydrogen-bond acceptors (Lipinski definition) is 2. The Hall–Kier alpha value is -0.903. The van der Waals surface area contributed by atoms with Crippen LogP contribution in [0.5, 0.6) is 0 Å². The highest BCUT2D eigenvalue weighted by Gasteiger charge is 1.86. The summed E-state index contributed by atoms with van der Waals surface area (Å²) in [6, 6.07) is 8.19. The zero-order valence-electron chi connectivity index (χ0n) is 8.91. The first-order chi connectivity index (χ1) is 6.76. The molecule has 0 saturated carbocycles. The molecule has 0 bridgehead atoms. The van der Waals surface area contributed by atoms with E-state index in [-0.39, 0.29) is 10.0 Å². The van der Waals surface area contributed by atoms with Gasteiger partial charge in [-0.3, -0.25) is 0 Å². The lowest BCUT2D eigenvalue weighted by atomic mass is 10.1. The summed E-state index contributed by atoms with van der Waals surface area (Å²) in [4.78, 5) is 0. The molecular weight excluding hydrogens is 192 g/mol. The van der Waals surface area contributed by atoms with Crippen LogP contribution in [0.2, 0.25) is 0 Å². The zero-order chi connectivity index (χ0) is 10.8. The smallest absolute Gasteiger partial charge is 0.396 e. The van der Waals surface area contributed by atoms with Gasteiger partial charge >= 0.3 is 10.0 Å². The number of rotatable bonds is 3. The summed E-state index contributed by atoms with van der Waals surface area (Å²) in [5.74, 6) is 0. The number of aryl methyl sites for hydroxylation is 1. The molecule has 0 spiro atoms. The first-order valence-electron chi connectivity index (χ1n) is 4.25. The lowest BCUT2D eigenvalue weighted by Gasteiger charge is -1.95. The van der Waals surface area contributed by atoms with Crippen LogP contribution in [-0.4, -0.2) is 24.2 Å². The molecule has 0 unspecified atom stereocenters. The van der Waals surface area contributed by atoms with Gasteiger partial charge in [-0.25, -0.2) is 0 Å². The summed E-state index contributed by atoms with van der Waals surface area (Å²) < 4.78 is 8.99. The molecule has 0 N–H and O–H groups in total. The summed E-state index contributed by atoms with van der Waals surface area (Å²) in [5, 5.41) is 0. The molecule has 0 fully saturated rings. The summed E-state index contributed by atoms with van der Waals surface area (Å²) in [7, 11) is 3.40. The molecule has 14 heavy (non-hydrogen) atoms. The topological polar surface area (TPSA) is 18.5 Å². The second-order valence-corrected chi connectivity index (χ2v) is 3.54. The monoisotopic (exact) mass is 208 g/mol. The molecule has 2 nitrogen and oxygen atoms in total. The molecule has 1 aromatic carbocycles. The van der Waals surface area contributed by atoms with E-state index in [4.69, 9.17) is 0 Å². The minimum Gasteiger partial charge on any atom is -0.396 e. The van der Waals surface area contributed by atoms with Crippen molar-refractivity contribution >= 4 is 16.1 Å². The molecule has 76 valence electrons. The van der Waals surface area contributed by atoms with E-state index < -0.39 is 0 Å². The average Bonchev–Trinajstić information content (AvgIpc) is 2.21. The van der Waals surface area contributed by atoms with Crippen molar-refractivity contribution in [1.82, 2.24) is 0 Å². The van der Waals surface area contributed by atoms with Gasteiger partial charge in [0, 0.05) is 14.2 Å². The Balaban J connectivity index is 0.000000292. The summed E-state index contributed by atoms with van der Waals surface area (Å²) >= 11 is 0. The van der Waals surface area contributed by atoms with Gasteiger partial charge in [-0.05, 0) is 18.1 Å². The standard InChI is InChI=1S/C9H10.C2H6O2Si/c1-3-9-7-5-4-6-8(9)2;1-3-5-4-2/h3-7H,1H2,2H3;1-2H3. The molecule has 0 aliphatic carbocycles. The predicted octanol–water partition coefficient (Wildman–Crippen LogP) is 2.45. The molecule has 0 atom stereocenters. The van der Waals surface area contributed by atoms with Gasteiger partial charge in [0.1, 0.15) is 0 Å². The molecule has 1 rings (SSSR count). The average molecular weight is 208 g/mol. The van der Waals surface area contributed by atoms with Gasteiger partial charge in [0.15, 0.2) is 0 Å². The Morgan fingerprint density at radius 3 is 2.07 bits per heavy atom. The quantitative estimate of drug-likeness (QED) is 0.710.